The maximum absolute atomic E-state index is 13.3. The molecule has 2 aromatic heterocycles. The maximum atomic E-state index is 13.3. The fourth-order valence-electron chi connectivity index (χ4n) is 4.31. The zero-order valence-corrected chi connectivity index (χ0v) is 19.9. The number of rotatable bonds is 1. The van der Waals surface area contributed by atoms with Crippen molar-refractivity contribution in [3.8, 4) is 23.2 Å². The van der Waals surface area contributed by atoms with Gasteiger partial charge in [0.05, 0.1) is 41.4 Å². The van der Waals surface area contributed by atoms with E-state index in [1.165, 1.54) is 0 Å². The molecule has 2 aliphatic heterocycles. The first-order chi connectivity index (χ1) is 17.4. The third-order valence-corrected chi connectivity index (χ3v) is 6.04. The molecule has 36 heavy (non-hydrogen) atoms. The molecule has 0 spiro atoms. The number of anilines is 2. The Labute approximate surface area is 207 Å². The van der Waals surface area contributed by atoms with Crippen LogP contribution in [0.15, 0.2) is 47.6 Å². The molecule has 3 aromatic rings. The lowest BCUT2D eigenvalue weighted by Gasteiger charge is -2.26. The molecule has 182 valence electrons. The number of pyridine rings is 1. The van der Waals surface area contributed by atoms with Crippen molar-refractivity contribution in [2.45, 2.75) is 13.3 Å². The number of nitrogens with zero attached hydrogens (tertiary/aromatic N) is 7. The number of aryl methyl sites for hydroxylation is 2. The van der Waals surface area contributed by atoms with Gasteiger partial charge in [-0.3, -0.25) is 14.6 Å². The van der Waals surface area contributed by atoms with Crippen molar-refractivity contribution in [3.63, 3.8) is 0 Å². The summed E-state index contributed by atoms with van der Waals surface area (Å²) in [5.74, 6) is 0.116. The third kappa shape index (κ3) is 4.36. The van der Waals surface area contributed by atoms with Crippen molar-refractivity contribution in [3.05, 3.63) is 53.9 Å². The highest BCUT2D eigenvalue weighted by molar-refractivity contribution is 6.19. The number of benzene rings is 1. The number of ether oxygens (including phenoxy) is 1. The predicted octanol–water partition coefficient (Wildman–Crippen LogP) is 2.35. The van der Waals surface area contributed by atoms with E-state index in [9.17, 15) is 9.59 Å². The summed E-state index contributed by atoms with van der Waals surface area (Å²) in [4.78, 5) is 38.5. The second-order valence-corrected chi connectivity index (χ2v) is 8.47. The average Bonchev–Trinajstić information content (AvgIpc) is 3.40. The lowest BCUT2D eigenvalue weighted by molar-refractivity contribution is -0.130. The van der Waals surface area contributed by atoms with Gasteiger partial charge in [0.25, 0.3) is 5.91 Å². The monoisotopic (exact) mass is 484 g/mol. The zero-order chi connectivity index (χ0) is 25.2. The molecule has 11 heteroatoms. The first kappa shape index (κ1) is 23.0. The molecule has 11 nitrogen and oxygen atoms in total. The van der Waals surface area contributed by atoms with E-state index in [2.05, 4.69) is 20.4 Å². The van der Waals surface area contributed by atoms with Crippen molar-refractivity contribution in [1.82, 2.24) is 19.7 Å². The van der Waals surface area contributed by atoms with Gasteiger partial charge in [0.1, 0.15) is 13.0 Å². The van der Waals surface area contributed by atoms with Gasteiger partial charge in [0, 0.05) is 31.4 Å². The Morgan fingerprint density at radius 2 is 2.06 bits per heavy atom. The van der Waals surface area contributed by atoms with Crippen molar-refractivity contribution in [1.29, 1.82) is 5.26 Å². The highest BCUT2D eigenvalue weighted by Gasteiger charge is 2.28. The molecular weight excluding hydrogens is 460 g/mol. The van der Waals surface area contributed by atoms with Crippen LogP contribution in [-0.4, -0.2) is 63.7 Å². The Bertz CT molecular complexity index is 1420. The molecule has 0 unspecified atom stereocenters. The van der Waals surface area contributed by atoms with Gasteiger partial charge in [-0.15, -0.1) is 0 Å². The van der Waals surface area contributed by atoms with Crippen LogP contribution in [-0.2, 0) is 11.8 Å². The second-order valence-electron chi connectivity index (χ2n) is 8.47. The molecule has 2 aliphatic rings. The van der Waals surface area contributed by atoms with Crippen LogP contribution in [0.3, 0.4) is 0 Å². The molecule has 0 atom stereocenters. The quantitative estimate of drug-likeness (QED) is 0.557. The summed E-state index contributed by atoms with van der Waals surface area (Å²) in [6, 6.07) is 12.9. The number of nitrogens with one attached hydrogen (secondary N) is 1. The largest absolute Gasteiger partial charge is 0.475 e. The first-order valence-electron chi connectivity index (χ1n) is 11.5. The molecular formula is C25H24N8O3. The summed E-state index contributed by atoms with van der Waals surface area (Å²) in [6.45, 7) is 2.95. The number of fused-ring (bicyclic) bond motifs is 7. The minimum absolute atomic E-state index is 0.192. The molecule has 2 bridgehead atoms. The fourth-order valence-corrected chi connectivity index (χ4v) is 4.31. The van der Waals surface area contributed by atoms with Crippen molar-refractivity contribution in [2.75, 3.05) is 36.5 Å². The molecule has 5 rings (SSSR count). The lowest BCUT2D eigenvalue weighted by atomic mass is 10.1. The lowest BCUT2D eigenvalue weighted by Crippen LogP contribution is -2.42. The van der Waals surface area contributed by atoms with Gasteiger partial charge >= 0.3 is 0 Å². The number of aromatic nitrogens is 3. The van der Waals surface area contributed by atoms with Gasteiger partial charge in [-0.25, -0.2) is 4.68 Å². The summed E-state index contributed by atoms with van der Waals surface area (Å²) < 4.78 is 7.62. The number of aliphatic imine (C=N–C) groups is 1. The standard InChI is InChI=1S/C25H24N8O3/c1-16-13-17-14-20(28-16)18-15-27-31(2)24(18)36-12-11-32(22(34)7-8-26)9-10-33-21-6-4-3-5-19(21)29-25(33)30-23(17)35/h3-6,13-15H,7,9-12H2,1-2H3,(H,29,30,35). The Balaban J connectivity index is 1.60. The van der Waals surface area contributed by atoms with Crippen LogP contribution in [0, 0.1) is 18.3 Å². The number of nitriles is 1. The van der Waals surface area contributed by atoms with E-state index in [1.54, 1.807) is 35.0 Å². The van der Waals surface area contributed by atoms with E-state index < -0.39 is 5.91 Å². The normalized spacial score (nSPS) is 16.7. The highest BCUT2D eigenvalue weighted by atomic mass is 16.5. The molecule has 0 saturated carbocycles. The number of para-hydroxylation sites is 2. The minimum Gasteiger partial charge on any atom is -0.475 e. The zero-order valence-electron chi connectivity index (χ0n) is 19.9. The second kappa shape index (κ2) is 9.50. The van der Waals surface area contributed by atoms with E-state index in [4.69, 9.17) is 10.00 Å². The summed E-state index contributed by atoms with van der Waals surface area (Å²) >= 11 is 0. The Hall–Kier alpha value is -4.72. The maximum Gasteiger partial charge on any atom is 0.280 e. The van der Waals surface area contributed by atoms with Crippen molar-refractivity contribution >= 4 is 29.1 Å². The number of hydrogen-bond acceptors (Lipinski definition) is 8. The number of amides is 2. The van der Waals surface area contributed by atoms with E-state index in [-0.39, 0.29) is 25.5 Å². The molecule has 4 heterocycles. The third-order valence-electron chi connectivity index (χ3n) is 6.04. The minimum atomic E-state index is -0.430. The van der Waals surface area contributed by atoms with Crippen LogP contribution in [0.25, 0.3) is 11.3 Å². The van der Waals surface area contributed by atoms with Crippen LogP contribution in [0.4, 0.5) is 11.4 Å². The average molecular weight is 485 g/mol. The first-order valence-corrected chi connectivity index (χ1v) is 11.5. The van der Waals surface area contributed by atoms with Crippen molar-refractivity contribution in [2.24, 2.45) is 12.0 Å². The van der Waals surface area contributed by atoms with Crippen LogP contribution in [0.2, 0.25) is 0 Å². The topological polar surface area (TPSA) is 129 Å². The molecule has 2 amide bonds. The molecule has 0 aliphatic carbocycles. The van der Waals surface area contributed by atoms with E-state index >= 15 is 0 Å². The van der Waals surface area contributed by atoms with E-state index in [1.807, 2.05) is 42.2 Å². The van der Waals surface area contributed by atoms with E-state index in [0.29, 0.717) is 47.4 Å². The van der Waals surface area contributed by atoms with Crippen LogP contribution in [0.5, 0.6) is 5.88 Å². The van der Waals surface area contributed by atoms with Gasteiger partial charge < -0.3 is 19.9 Å². The van der Waals surface area contributed by atoms with Gasteiger partial charge in [-0.1, -0.05) is 12.1 Å². The smallest absolute Gasteiger partial charge is 0.280 e. The van der Waals surface area contributed by atoms with Crippen LogP contribution in [0.1, 0.15) is 22.5 Å². The number of guanidine groups is 1. The number of carbonyl (C=O) groups is 2. The summed E-state index contributed by atoms with van der Waals surface area (Å²) in [5.41, 5.74) is 3.87. The summed E-state index contributed by atoms with van der Waals surface area (Å²) in [6.07, 6.45) is 1.39. The summed E-state index contributed by atoms with van der Waals surface area (Å²) in [7, 11) is 1.75. The molecule has 1 N–H and O–H groups in total. The van der Waals surface area contributed by atoms with Gasteiger partial charge in [0.15, 0.2) is 0 Å². The molecule has 0 radical (unpaired) electrons. The van der Waals surface area contributed by atoms with Crippen LogP contribution < -0.4 is 15.0 Å². The Morgan fingerprint density at radius 3 is 2.89 bits per heavy atom. The van der Waals surface area contributed by atoms with Gasteiger partial charge in [0.2, 0.25) is 17.7 Å². The number of hydrogen-bond donors (Lipinski definition) is 1. The van der Waals surface area contributed by atoms with Crippen molar-refractivity contribution < 1.29 is 14.3 Å². The fraction of sp³-hybridized carbons (Fsp3) is 0.280. The summed E-state index contributed by atoms with van der Waals surface area (Å²) in [5, 5.41) is 16.6. The number of carbonyl (C=O) groups excluding carboxylic acids is 2. The molecule has 1 aromatic carbocycles. The van der Waals surface area contributed by atoms with Gasteiger partial charge in [-0.2, -0.15) is 15.4 Å². The van der Waals surface area contributed by atoms with Crippen LogP contribution >= 0.6 is 0 Å². The Morgan fingerprint density at radius 1 is 1.22 bits per heavy atom. The molecule has 0 fully saturated rings. The molecule has 0 saturated heterocycles. The highest BCUT2D eigenvalue weighted by Crippen LogP contribution is 2.33. The predicted molar refractivity (Wildman–Crippen MR) is 133 cm³/mol. The van der Waals surface area contributed by atoms with E-state index in [0.717, 1.165) is 11.4 Å². The Kier molecular flexibility index (Phi) is 6.08. The van der Waals surface area contributed by atoms with Gasteiger partial charge in [-0.05, 0) is 31.2 Å². The SMILES string of the molecule is Cc1cc2cc(n1)-c1cnn(C)c1OCCN(C(=O)CC#N)CCN1/C(=N/C2=O)Nc2ccccc21.